The number of nitrogens with one attached hydrogen (secondary N) is 1. The van der Waals surface area contributed by atoms with Crippen LogP contribution in [0.5, 0.6) is 0 Å². The second kappa shape index (κ2) is 9.33. The first-order valence-electron chi connectivity index (χ1n) is 12.2. The predicted octanol–water partition coefficient (Wildman–Crippen LogP) is 6.65. The van der Waals surface area contributed by atoms with E-state index in [9.17, 15) is 9.59 Å². The molecule has 1 aliphatic carbocycles. The van der Waals surface area contributed by atoms with E-state index < -0.39 is 0 Å². The van der Waals surface area contributed by atoms with Gasteiger partial charge in [-0.1, -0.05) is 70.2 Å². The largest absolute Gasteiger partial charge is 0.465 e. The zero-order chi connectivity index (χ0) is 25.4. The predicted molar refractivity (Wildman–Crippen MR) is 140 cm³/mol. The smallest absolute Gasteiger partial charge is 0.337 e. The fourth-order valence-electron chi connectivity index (χ4n) is 5.12. The van der Waals surface area contributed by atoms with E-state index in [4.69, 9.17) is 4.74 Å². The van der Waals surface area contributed by atoms with Gasteiger partial charge in [0, 0.05) is 5.56 Å². The summed E-state index contributed by atoms with van der Waals surface area (Å²) in [6.45, 7) is 11.4. The molecule has 3 aromatic carbocycles. The average molecular weight is 470 g/mol. The number of aryl methyl sites for hydroxylation is 1. The Labute approximate surface area is 208 Å². The lowest BCUT2D eigenvalue weighted by Crippen LogP contribution is -2.35. The molecule has 4 nitrogen and oxygen atoms in total. The van der Waals surface area contributed by atoms with E-state index in [0.29, 0.717) is 11.1 Å². The Morgan fingerprint density at radius 1 is 0.829 bits per heavy atom. The lowest BCUT2D eigenvalue weighted by atomic mass is 9.62. The van der Waals surface area contributed by atoms with Gasteiger partial charge in [-0.25, -0.2) is 4.79 Å². The van der Waals surface area contributed by atoms with E-state index in [1.807, 2.05) is 42.5 Å². The molecular formula is C31H35NO3. The third-order valence-electron chi connectivity index (χ3n) is 7.53. The molecule has 0 radical (unpaired) electrons. The van der Waals surface area contributed by atoms with Crippen LogP contribution in [0.1, 0.15) is 95.1 Å². The molecular weight excluding hydrogens is 434 g/mol. The van der Waals surface area contributed by atoms with Crippen molar-refractivity contribution in [3.63, 3.8) is 0 Å². The molecule has 0 saturated heterocycles. The maximum absolute atomic E-state index is 13.3. The van der Waals surface area contributed by atoms with Crippen LogP contribution in [0, 0.1) is 6.92 Å². The van der Waals surface area contributed by atoms with Crippen molar-refractivity contribution in [1.82, 2.24) is 5.32 Å². The SMILES string of the molecule is COC(=O)c1ccc(C(NC(=O)c2ccccc2)c2cc3c(cc2C)C(C)(C)CCC3(C)C)cc1. The number of amides is 1. The van der Waals surface area contributed by atoms with Crippen LogP contribution < -0.4 is 5.32 Å². The van der Waals surface area contributed by atoms with Gasteiger partial charge < -0.3 is 10.1 Å². The lowest BCUT2D eigenvalue weighted by molar-refractivity contribution is 0.0600. The molecule has 0 aliphatic heterocycles. The molecule has 0 saturated carbocycles. The molecule has 0 fully saturated rings. The van der Waals surface area contributed by atoms with Gasteiger partial charge in [0.05, 0.1) is 18.7 Å². The monoisotopic (exact) mass is 469 g/mol. The van der Waals surface area contributed by atoms with Crippen molar-refractivity contribution in [2.45, 2.75) is 64.3 Å². The minimum Gasteiger partial charge on any atom is -0.465 e. The second-order valence-corrected chi connectivity index (χ2v) is 10.9. The number of carbonyl (C=O) groups excluding carboxylic acids is 2. The van der Waals surface area contributed by atoms with Crippen molar-refractivity contribution in [1.29, 1.82) is 0 Å². The highest BCUT2D eigenvalue weighted by Gasteiger charge is 2.38. The molecule has 182 valence electrons. The maximum atomic E-state index is 13.3. The molecule has 1 unspecified atom stereocenters. The zero-order valence-electron chi connectivity index (χ0n) is 21.6. The molecule has 1 atom stereocenters. The van der Waals surface area contributed by atoms with Crippen molar-refractivity contribution in [3.8, 4) is 0 Å². The molecule has 0 aromatic heterocycles. The first-order chi connectivity index (χ1) is 16.5. The van der Waals surface area contributed by atoms with Gasteiger partial charge in [-0.05, 0) is 82.7 Å². The number of hydrogen-bond acceptors (Lipinski definition) is 3. The topological polar surface area (TPSA) is 55.4 Å². The quantitative estimate of drug-likeness (QED) is 0.426. The van der Waals surface area contributed by atoms with Crippen molar-refractivity contribution in [2.24, 2.45) is 0 Å². The second-order valence-electron chi connectivity index (χ2n) is 10.9. The number of benzene rings is 3. The number of carbonyl (C=O) groups is 2. The highest BCUT2D eigenvalue weighted by atomic mass is 16.5. The molecule has 1 N–H and O–H groups in total. The van der Waals surface area contributed by atoms with Gasteiger partial charge in [-0.3, -0.25) is 4.79 Å². The summed E-state index contributed by atoms with van der Waals surface area (Å²) in [4.78, 5) is 25.3. The normalized spacial score (nSPS) is 16.6. The summed E-state index contributed by atoms with van der Waals surface area (Å²) >= 11 is 0. The van der Waals surface area contributed by atoms with Crippen LogP contribution in [-0.2, 0) is 15.6 Å². The Hall–Kier alpha value is -3.40. The molecule has 4 heteroatoms. The Morgan fingerprint density at radius 2 is 1.40 bits per heavy atom. The Bertz CT molecular complexity index is 1240. The molecule has 0 heterocycles. The summed E-state index contributed by atoms with van der Waals surface area (Å²) in [7, 11) is 1.37. The molecule has 0 spiro atoms. The molecule has 0 bridgehead atoms. The third-order valence-corrected chi connectivity index (χ3v) is 7.53. The van der Waals surface area contributed by atoms with Gasteiger partial charge in [0.2, 0.25) is 0 Å². The van der Waals surface area contributed by atoms with E-state index in [1.165, 1.54) is 18.2 Å². The molecule has 4 rings (SSSR count). The van der Waals surface area contributed by atoms with Crippen molar-refractivity contribution in [3.05, 3.63) is 106 Å². The standard InChI is InChI=1S/C31H35NO3/c1-20-18-25-26(31(4,5)17-16-30(25,2)3)19-24(20)27(32-28(33)22-10-8-7-9-11-22)21-12-14-23(15-13-21)29(34)35-6/h7-15,18-19,27H,16-17H2,1-6H3,(H,32,33). The summed E-state index contributed by atoms with van der Waals surface area (Å²) in [5.41, 5.74) is 7.13. The minimum absolute atomic E-state index is 0.0516. The first kappa shape index (κ1) is 24.7. The van der Waals surface area contributed by atoms with E-state index in [0.717, 1.165) is 29.5 Å². The minimum atomic E-state index is -0.379. The Kier molecular flexibility index (Phi) is 6.59. The first-order valence-corrected chi connectivity index (χ1v) is 12.2. The van der Waals surface area contributed by atoms with Gasteiger partial charge in [0.1, 0.15) is 0 Å². The van der Waals surface area contributed by atoms with Crippen LogP contribution in [-0.4, -0.2) is 19.0 Å². The number of ether oxygens (including phenoxy) is 1. The van der Waals surface area contributed by atoms with Gasteiger partial charge in [0.15, 0.2) is 0 Å². The summed E-state index contributed by atoms with van der Waals surface area (Å²) in [6.07, 6.45) is 2.26. The molecule has 35 heavy (non-hydrogen) atoms. The summed E-state index contributed by atoms with van der Waals surface area (Å²) in [5, 5.41) is 3.27. The van der Waals surface area contributed by atoms with Crippen LogP contribution >= 0.6 is 0 Å². The van der Waals surface area contributed by atoms with Crippen molar-refractivity contribution in [2.75, 3.05) is 7.11 Å². The van der Waals surface area contributed by atoms with E-state index >= 15 is 0 Å². The van der Waals surface area contributed by atoms with E-state index in [1.54, 1.807) is 12.1 Å². The van der Waals surface area contributed by atoms with E-state index in [2.05, 4.69) is 52.1 Å². The maximum Gasteiger partial charge on any atom is 0.337 e. The summed E-state index contributed by atoms with van der Waals surface area (Å²) in [5.74, 6) is -0.514. The zero-order valence-corrected chi connectivity index (χ0v) is 21.6. The van der Waals surface area contributed by atoms with Crippen LogP contribution in [0.3, 0.4) is 0 Å². The highest BCUT2D eigenvalue weighted by molar-refractivity contribution is 5.94. The number of esters is 1. The van der Waals surface area contributed by atoms with Crippen LogP contribution in [0.4, 0.5) is 0 Å². The van der Waals surface area contributed by atoms with Gasteiger partial charge in [-0.2, -0.15) is 0 Å². The van der Waals surface area contributed by atoms with Crippen molar-refractivity contribution >= 4 is 11.9 Å². The summed E-state index contributed by atoms with van der Waals surface area (Å²) in [6, 6.07) is 20.8. The fraction of sp³-hybridized carbons (Fsp3) is 0.355. The number of fused-ring (bicyclic) bond motifs is 1. The number of rotatable bonds is 5. The van der Waals surface area contributed by atoms with Crippen LogP contribution in [0.15, 0.2) is 66.7 Å². The Balaban J connectivity index is 1.83. The van der Waals surface area contributed by atoms with Crippen LogP contribution in [0.2, 0.25) is 0 Å². The fourth-order valence-corrected chi connectivity index (χ4v) is 5.12. The summed E-state index contributed by atoms with van der Waals surface area (Å²) < 4.78 is 4.86. The average Bonchev–Trinajstić information content (AvgIpc) is 2.85. The van der Waals surface area contributed by atoms with Gasteiger partial charge in [-0.15, -0.1) is 0 Å². The molecule has 3 aromatic rings. The van der Waals surface area contributed by atoms with Gasteiger partial charge >= 0.3 is 5.97 Å². The van der Waals surface area contributed by atoms with Crippen LogP contribution in [0.25, 0.3) is 0 Å². The van der Waals surface area contributed by atoms with Gasteiger partial charge in [0.25, 0.3) is 5.91 Å². The lowest BCUT2D eigenvalue weighted by Gasteiger charge is -2.43. The highest BCUT2D eigenvalue weighted by Crippen LogP contribution is 2.47. The third kappa shape index (κ3) is 4.88. The Morgan fingerprint density at radius 3 is 1.97 bits per heavy atom. The number of methoxy groups -OCH3 is 1. The van der Waals surface area contributed by atoms with E-state index in [-0.39, 0.29) is 28.7 Å². The molecule has 1 amide bonds. The number of hydrogen-bond donors (Lipinski definition) is 1. The van der Waals surface area contributed by atoms with Crippen molar-refractivity contribution < 1.29 is 14.3 Å². The molecule has 1 aliphatic rings.